The highest BCUT2D eigenvalue weighted by Crippen LogP contribution is 2.21. The highest BCUT2D eigenvalue weighted by Gasteiger charge is 2.19. The number of nitro benzene ring substituents is 1. The van der Waals surface area contributed by atoms with E-state index in [2.05, 4.69) is 0 Å². The van der Waals surface area contributed by atoms with E-state index < -0.39 is 10.7 Å². The molecule has 0 saturated carbocycles. The summed E-state index contributed by atoms with van der Waals surface area (Å²) in [5, 5.41) is 11.0. The SMILES string of the molecule is O=C(c1cccc(Cn2c(=O)oc3ccc([N+](=O)[O-])cc32)c1)N1CCCCC1. The van der Waals surface area contributed by atoms with Crippen LogP contribution in [-0.4, -0.2) is 33.4 Å². The summed E-state index contributed by atoms with van der Waals surface area (Å²) in [5.41, 5.74) is 1.85. The molecule has 4 rings (SSSR count). The van der Waals surface area contributed by atoms with Crippen molar-refractivity contribution >= 4 is 22.7 Å². The second-order valence-corrected chi connectivity index (χ2v) is 6.92. The van der Waals surface area contributed by atoms with Gasteiger partial charge in [-0.1, -0.05) is 12.1 Å². The topological polar surface area (TPSA) is 98.6 Å². The van der Waals surface area contributed by atoms with Crippen molar-refractivity contribution < 1.29 is 14.1 Å². The number of aromatic nitrogens is 1. The van der Waals surface area contributed by atoms with Gasteiger partial charge in [0.25, 0.3) is 11.6 Å². The molecule has 0 bridgehead atoms. The number of nitrogens with zero attached hydrogens (tertiary/aromatic N) is 3. The molecule has 1 fully saturated rings. The summed E-state index contributed by atoms with van der Waals surface area (Å²) in [4.78, 5) is 37.3. The van der Waals surface area contributed by atoms with E-state index in [0.717, 1.165) is 37.9 Å². The number of rotatable bonds is 4. The summed E-state index contributed by atoms with van der Waals surface area (Å²) in [6.07, 6.45) is 3.17. The largest absolute Gasteiger partial charge is 0.420 e. The van der Waals surface area contributed by atoms with Crippen LogP contribution in [0.5, 0.6) is 0 Å². The van der Waals surface area contributed by atoms with Crippen LogP contribution in [0.4, 0.5) is 5.69 Å². The highest BCUT2D eigenvalue weighted by molar-refractivity contribution is 5.94. The molecule has 1 amide bonds. The van der Waals surface area contributed by atoms with Crippen molar-refractivity contribution in [2.45, 2.75) is 25.8 Å². The van der Waals surface area contributed by atoms with E-state index in [1.54, 1.807) is 18.2 Å². The maximum atomic E-state index is 12.7. The maximum Gasteiger partial charge on any atom is 0.420 e. The molecular weight excluding hydrogens is 362 g/mol. The number of benzene rings is 2. The lowest BCUT2D eigenvalue weighted by Gasteiger charge is -2.26. The molecule has 3 aromatic rings. The first kappa shape index (κ1) is 18.0. The normalized spacial score (nSPS) is 14.4. The predicted octanol–water partition coefficient (Wildman–Crippen LogP) is 3.18. The van der Waals surface area contributed by atoms with E-state index in [0.29, 0.717) is 11.1 Å². The molecule has 8 nitrogen and oxygen atoms in total. The fourth-order valence-corrected chi connectivity index (χ4v) is 3.58. The Balaban J connectivity index is 1.65. The van der Waals surface area contributed by atoms with Crippen LogP contribution in [0, 0.1) is 10.1 Å². The number of non-ortho nitro benzene ring substituents is 1. The van der Waals surface area contributed by atoms with Gasteiger partial charge in [-0.2, -0.15) is 0 Å². The molecule has 0 spiro atoms. The number of carbonyl (C=O) groups excluding carboxylic acids is 1. The lowest BCUT2D eigenvalue weighted by molar-refractivity contribution is -0.384. The van der Waals surface area contributed by atoms with Crippen LogP contribution in [0.2, 0.25) is 0 Å². The smallest absolute Gasteiger partial charge is 0.408 e. The summed E-state index contributed by atoms with van der Waals surface area (Å²) >= 11 is 0. The minimum atomic E-state index is -0.594. The number of fused-ring (bicyclic) bond motifs is 1. The van der Waals surface area contributed by atoms with Gasteiger partial charge in [0.1, 0.15) is 0 Å². The van der Waals surface area contributed by atoms with Crippen molar-refractivity contribution in [1.29, 1.82) is 0 Å². The van der Waals surface area contributed by atoms with Crippen LogP contribution in [-0.2, 0) is 6.54 Å². The van der Waals surface area contributed by atoms with Crippen molar-refractivity contribution in [2.24, 2.45) is 0 Å². The average molecular weight is 381 g/mol. The molecule has 1 aromatic heterocycles. The van der Waals surface area contributed by atoms with Gasteiger partial charge in [0.05, 0.1) is 17.0 Å². The van der Waals surface area contributed by atoms with Crippen molar-refractivity contribution in [3.05, 3.63) is 74.3 Å². The zero-order valence-corrected chi connectivity index (χ0v) is 15.2. The van der Waals surface area contributed by atoms with E-state index in [-0.39, 0.29) is 23.7 Å². The van der Waals surface area contributed by atoms with E-state index in [9.17, 15) is 19.7 Å². The minimum absolute atomic E-state index is 0.0124. The van der Waals surface area contributed by atoms with Gasteiger partial charge in [-0.05, 0) is 43.0 Å². The standard InChI is InChI=1S/C20H19N3O5/c24-19(21-9-2-1-3-10-21)15-6-4-5-14(11-15)13-22-17-12-16(23(26)27)7-8-18(17)28-20(22)25/h4-8,11-12H,1-3,9-10,13H2. The highest BCUT2D eigenvalue weighted by atomic mass is 16.6. The summed E-state index contributed by atoms with van der Waals surface area (Å²) in [5.74, 6) is -0.607. The van der Waals surface area contributed by atoms with Gasteiger partial charge >= 0.3 is 5.76 Å². The zero-order valence-electron chi connectivity index (χ0n) is 15.2. The van der Waals surface area contributed by atoms with E-state index >= 15 is 0 Å². The third-order valence-corrected chi connectivity index (χ3v) is 5.02. The Hall–Kier alpha value is -3.42. The van der Waals surface area contributed by atoms with Crippen LogP contribution in [0.25, 0.3) is 11.1 Å². The number of likely N-dealkylation sites (tertiary alicyclic amines) is 1. The van der Waals surface area contributed by atoms with Gasteiger partial charge < -0.3 is 9.32 Å². The van der Waals surface area contributed by atoms with Crippen LogP contribution in [0.3, 0.4) is 0 Å². The Bertz CT molecular complexity index is 1110. The number of hydrogen-bond acceptors (Lipinski definition) is 5. The molecule has 1 aliphatic rings. The molecule has 0 aliphatic carbocycles. The molecule has 28 heavy (non-hydrogen) atoms. The maximum absolute atomic E-state index is 12.7. The van der Waals surface area contributed by atoms with E-state index in [4.69, 9.17) is 4.42 Å². The number of amides is 1. The second-order valence-electron chi connectivity index (χ2n) is 6.92. The summed E-state index contributed by atoms with van der Waals surface area (Å²) in [7, 11) is 0. The lowest BCUT2D eigenvalue weighted by atomic mass is 10.1. The van der Waals surface area contributed by atoms with Gasteiger partial charge in [0.2, 0.25) is 0 Å². The van der Waals surface area contributed by atoms with Gasteiger partial charge in [-0.15, -0.1) is 0 Å². The van der Waals surface area contributed by atoms with Crippen LogP contribution in [0.15, 0.2) is 51.7 Å². The van der Waals surface area contributed by atoms with E-state index in [1.165, 1.54) is 22.8 Å². The first-order valence-electron chi connectivity index (χ1n) is 9.19. The summed E-state index contributed by atoms with van der Waals surface area (Å²) in [6, 6.07) is 11.2. The van der Waals surface area contributed by atoms with Crippen molar-refractivity contribution in [3.63, 3.8) is 0 Å². The first-order valence-corrected chi connectivity index (χ1v) is 9.19. The summed E-state index contributed by atoms with van der Waals surface area (Å²) < 4.78 is 6.53. The van der Waals surface area contributed by atoms with Gasteiger partial charge in [0, 0.05) is 30.8 Å². The molecule has 1 saturated heterocycles. The number of oxazole rings is 1. The van der Waals surface area contributed by atoms with Crippen molar-refractivity contribution in [2.75, 3.05) is 13.1 Å². The molecule has 2 heterocycles. The monoisotopic (exact) mass is 381 g/mol. The Kier molecular flexibility index (Phi) is 4.68. The predicted molar refractivity (Wildman–Crippen MR) is 102 cm³/mol. The molecule has 1 aliphatic heterocycles. The Morgan fingerprint density at radius 1 is 1.11 bits per heavy atom. The van der Waals surface area contributed by atoms with Crippen LogP contribution in [0.1, 0.15) is 35.2 Å². The van der Waals surface area contributed by atoms with Crippen molar-refractivity contribution in [1.82, 2.24) is 9.47 Å². The molecule has 0 atom stereocenters. The van der Waals surface area contributed by atoms with Crippen LogP contribution < -0.4 is 5.76 Å². The van der Waals surface area contributed by atoms with Crippen molar-refractivity contribution in [3.8, 4) is 0 Å². The van der Waals surface area contributed by atoms with Gasteiger partial charge in [0.15, 0.2) is 5.58 Å². The van der Waals surface area contributed by atoms with Crippen LogP contribution >= 0.6 is 0 Å². The molecule has 0 N–H and O–H groups in total. The van der Waals surface area contributed by atoms with Gasteiger partial charge in [-0.25, -0.2) is 4.79 Å². The molecule has 0 unspecified atom stereocenters. The summed E-state index contributed by atoms with van der Waals surface area (Å²) in [6.45, 7) is 1.69. The molecule has 144 valence electrons. The lowest BCUT2D eigenvalue weighted by Crippen LogP contribution is -2.35. The minimum Gasteiger partial charge on any atom is -0.408 e. The Morgan fingerprint density at radius 3 is 2.64 bits per heavy atom. The van der Waals surface area contributed by atoms with Gasteiger partial charge in [-0.3, -0.25) is 19.5 Å². The Labute approximate surface area is 160 Å². The number of piperidine rings is 1. The fraction of sp³-hybridized carbons (Fsp3) is 0.300. The fourth-order valence-electron chi connectivity index (χ4n) is 3.58. The number of nitro groups is 1. The third kappa shape index (κ3) is 3.40. The molecular formula is C20H19N3O5. The quantitative estimate of drug-likeness (QED) is 0.511. The average Bonchev–Trinajstić information content (AvgIpc) is 3.03. The zero-order chi connectivity index (χ0) is 19.7. The third-order valence-electron chi connectivity index (χ3n) is 5.02. The molecule has 0 radical (unpaired) electrons. The number of carbonyl (C=O) groups is 1. The molecule has 2 aromatic carbocycles. The second kappa shape index (κ2) is 7.30. The molecule has 8 heteroatoms. The Morgan fingerprint density at radius 2 is 1.89 bits per heavy atom. The van der Waals surface area contributed by atoms with E-state index in [1.807, 2.05) is 11.0 Å². The first-order chi connectivity index (χ1) is 13.5. The number of hydrogen-bond donors (Lipinski definition) is 0.